The fraction of sp³-hybridized carbons (Fsp3) is 1.00. The van der Waals surface area contributed by atoms with Crippen LogP contribution in [0, 0.1) is 0 Å². The second-order valence-corrected chi connectivity index (χ2v) is 8.26. The van der Waals surface area contributed by atoms with E-state index < -0.39 is 0 Å². The van der Waals surface area contributed by atoms with Gasteiger partial charge in [0.15, 0.2) is 0 Å². The molecule has 0 radical (unpaired) electrons. The fourth-order valence-electron chi connectivity index (χ4n) is 0.224. The van der Waals surface area contributed by atoms with Crippen LogP contribution in [0.25, 0.3) is 0 Å². The van der Waals surface area contributed by atoms with Crippen molar-refractivity contribution in [2.24, 2.45) is 0 Å². The summed E-state index contributed by atoms with van der Waals surface area (Å²) < 4.78 is 0. The average molecular weight is 120 g/mol. The quantitative estimate of drug-likeness (QED) is 0.373. The molecular weight excluding hydrogens is 107 g/mol. The molecule has 0 saturated heterocycles. The van der Waals surface area contributed by atoms with E-state index in [9.17, 15) is 0 Å². The summed E-state index contributed by atoms with van der Waals surface area (Å²) in [5, 5.41) is 0. The van der Waals surface area contributed by atoms with Gasteiger partial charge in [0, 0.05) is 9.91 Å². The summed E-state index contributed by atoms with van der Waals surface area (Å²) >= 11 is 0. The predicted octanol–water partition coefficient (Wildman–Crippen LogP) is 0.788. The molecule has 0 fully saturated rings. The van der Waals surface area contributed by atoms with Gasteiger partial charge in [0.2, 0.25) is 0 Å². The highest BCUT2D eigenvalue weighted by Crippen LogP contribution is 2.25. The maximum Gasteiger partial charge on any atom is 0.0328 e. The summed E-state index contributed by atoms with van der Waals surface area (Å²) in [6.07, 6.45) is 2.91. The van der Waals surface area contributed by atoms with E-state index in [0.29, 0.717) is 7.47 Å². The molecule has 0 aliphatic rings. The third-order valence-electron chi connectivity index (χ3n) is 1.08. The van der Waals surface area contributed by atoms with Crippen LogP contribution in [-0.2, 0) is 0 Å². The Bertz CT molecular complexity index is 26.7. The number of hydrogen-bond acceptors (Lipinski definition) is 0. The molecule has 0 nitrogen and oxygen atoms in total. The first-order valence-electron chi connectivity index (χ1n) is 2.49. The molecule has 0 heterocycles. The van der Waals surface area contributed by atoms with E-state index in [2.05, 4.69) is 13.8 Å². The summed E-state index contributed by atoms with van der Waals surface area (Å²) in [5.41, 5.74) is 0. The van der Waals surface area contributed by atoms with E-state index in [1.54, 1.807) is 0 Å². The Labute approximate surface area is 44.4 Å². The maximum atomic E-state index is 2.29. The van der Waals surface area contributed by atoms with Gasteiger partial charge < -0.3 is 0 Å². The first kappa shape index (κ1) is 6.65. The minimum atomic E-state index is 0.563. The van der Waals surface area contributed by atoms with E-state index >= 15 is 0 Å². The molecule has 0 spiro atoms. The number of hydrogen-bond donors (Lipinski definition) is 0. The van der Waals surface area contributed by atoms with Crippen LogP contribution in [0.2, 0.25) is 0 Å². The third kappa shape index (κ3) is 2.86. The standard InChI is InChI=1S/C4H13PSi/c1-3-5(6)4-2/h3-4H2,1-2,6H3. The van der Waals surface area contributed by atoms with Gasteiger partial charge in [-0.1, -0.05) is 13.8 Å². The highest BCUT2D eigenvalue weighted by molar-refractivity contribution is 7.82. The molecule has 0 aromatic heterocycles. The lowest BCUT2D eigenvalue weighted by Crippen LogP contribution is -1.77. The smallest absolute Gasteiger partial charge is 0.0328 e. The van der Waals surface area contributed by atoms with Crippen molar-refractivity contribution in [3.8, 4) is 0 Å². The Morgan fingerprint density at radius 1 is 1.33 bits per heavy atom. The van der Waals surface area contributed by atoms with Crippen LogP contribution in [0.4, 0.5) is 0 Å². The Kier molecular flexibility index (Phi) is 4.24. The van der Waals surface area contributed by atoms with E-state index in [0.717, 1.165) is 0 Å². The van der Waals surface area contributed by atoms with Gasteiger partial charge in [-0.15, -0.1) is 7.47 Å². The van der Waals surface area contributed by atoms with Gasteiger partial charge in [0.25, 0.3) is 0 Å². The minimum Gasteiger partial charge on any atom is -0.130 e. The van der Waals surface area contributed by atoms with E-state index in [-0.39, 0.29) is 0 Å². The van der Waals surface area contributed by atoms with Gasteiger partial charge in [-0.05, 0) is 12.3 Å². The minimum absolute atomic E-state index is 0.563. The second-order valence-electron chi connectivity index (χ2n) is 1.49. The van der Waals surface area contributed by atoms with Crippen LogP contribution in [0.1, 0.15) is 13.8 Å². The van der Waals surface area contributed by atoms with Crippen LogP contribution in [0.5, 0.6) is 0 Å². The Hall–Kier alpha value is 0.647. The summed E-state index contributed by atoms with van der Waals surface area (Å²) in [6, 6.07) is 0. The Morgan fingerprint density at radius 2 is 1.67 bits per heavy atom. The van der Waals surface area contributed by atoms with Gasteiger partial charge in [-0.3, -0.25) is 0 Å². The summed E-state index contributed by atoms with van der Waals surface area (Å²) in [4.78, 5) is 0. The average Bonchev–Trinajstić information content (AvgIpc) is 1.65. The molecule has 0 aromatic rings. The van der Waals surface area contributed by atoms with Gasteiger partial charge in [-0.2, -0.15) is 0 Å². The third-order valence-corrected chi connectivity index (χ3v) is 7.03. The first-order chi connectivity index (χ1) is 2.81. The van der Waals surface area contributed by atoms with Crippen molar-refractivity contribution in [3.05, 3.63) is 0 Å². The lowest BCUT2D eigenvalue weighted by molar-refractivity contribution is 1.44. The van der Waals surface area contributed by atoms with Gasteiger partial charge in [0.05, 0.1) is 0 Å². The predicted molar refractivity (Wildman–Crippen MR) is 37.9 cm³/mol. The molecule has 0 rings (SSSR count). The highest BCUT2D eigenvalue weighted by atomic mass is 31.4. The Balaban J connectivity index is 2.75. The van der Waals surface area contributed by atoms with Gasteiger partial charge in [-0.25, -0.2) is 0 Å². The molecule has 6 heavy (non-hydrogen) atoms. The van der Waals surface area contributed by atoms with Crippen LogP contribution >= 0.6 is 7.47 Å². The van der Waals surface area contributed by atoms with Crippen molar-refractivity contribution >= 4 is 17.4 Å². The zero-order chi connectivity index (χ0) is 4.99. The van der Waals surface area contributed by atoms with Crippen molar-refractivity contribution in [2.75, 3.05) is 12.3 Å². The Morgan fingerprint density at radius 3 is 1.67 bits per heavy atom. The fourth-order valence-corrected chi connectivity index (χ4v) is 0.671. The lowest BCUT2D eigenvalue weighted by atomic mass is 11.0. The van der Waals surface area contributed by atoms with Crippen molar-refractivity contribution in [1.82, 2.24) is 0 Å². The van der Waals surface area contributed by atoms with E-state index in [4.69, 9.17) is 0 Å². The molecule has 0 amide bonds. The lowest BCUT2D eigenvalue weighted by Gasteiger charge is -2.00. The molecule has 38 valence electrons. The molecule has 0 N–H and O–H groups in total. The monoisotopic (exact) mass is 120 g/mol. The van der Waals surface area contributed by atoms with Crippen molar-refractivity contribution in [1.29, 1.82) is 0 Å². The van der Waals surface area contributed by atoms with Gasteiger partial charge in [0.1, 0.15) is 0 Å². The van der Waals surface area contributed by atoms with Crippen molar-refractivity contribution in [2.45, 2.75) is 13.8 Å². The molecule has 0 aliphatic heterocycles. The zero-order valence-corrected chi connectivity index (χ0v) is 7.76. The summed E-state index contributed by atoms with van der Waals surface area (Å²) in [7, 11) is 2.02. The summed E-state index contributed by atoms with van der Waals surface area (Å²) in [5.74, 6) is 0. The molecule has 0 aliphatic carbocycles. The molecule has 0 aromatic carbocycles. The van der Waals surface area contributed by atoms with Crippen molar-refractivity contribution in [3.63, 3.8) is 0 Å². The topological polar surface area (TPSA) is 0 Å². The molecule has 0 unspecified atom stereocenters. The molecule has 0 saturated carbocycles. The van der Waals surface area contributed by atoms with E-state index in [1.165, 1.54) is 22.2 Å². The largest absolute Gasteiger partial charge is 0.130 e. The van der Waals surface area contributed by atoms with Crippen LogP contribution < -0.4 is 0 Å². The molecular formula is C4H13PSi. The van der Waals surface area contributed by atoms with E-state index in [1.807, 2.05) is 0 Å². The molecule has 0 bridgehead atoms. The van der Waals surface area contributed by atoms with Crippen molar-refractivity contribution < 1.29 is 0 Å². The van der Waals surface area contributed by atoms with Crippen LogP contribution in [-0.4, -0.2) is 22.2 Å². The zero-order valence-electron chi connectivity index (χ0n) is 4.86. The number of rotatable bonds is 2. The van der Waals surface area contributed by atoms with Crippen LogP contribution in [0.3, 0.4) is 0 Å². The normalized spacial score (nSPS) is 10.5. The molecule has 2 heteroatoms. The molecule has 0 atom stereocenters. The van der Waals surface area contributed by atoms with Crippen LogP contribution in [0.15, 0.2) is 0 Å². The summed E-state index contributed by atoms with van der Waals surface area (Å²) in [6.45, 7) is 4.59. The second kappa shape index (κ2) is 3.82. The highest BCUT2D eigenvalue weighted by Gasteiger charge is 1.87. The SMILES string of the molecule is CCP([SiH3])CC. The maximum absolute atomic E-state index is 2.29. The first-order valence-corrected chi connectivity index (χ1v) is 7.34. The van der Waals surface area contributed by atoms with Gasteiger partial charge >= 0.3 is 0 Å².